The Morgan fingerprint density at radius 3 is 2.55 bits per heavy atom. The van der Waals surface area contributed by atoms with Crippen LogP contribution in [0.4, 0.5) is 11.5 Å². The van der Waals surface area contributed by atoms with Crippen LogP contribution in [0.3, 0.4) is 0 Å². The first-order valence-corrected chi connectivity index (χ1v) is 9.36. The van der Waals surface area contributed by atoms with Gasteiger partial charge in [-0.3, -0.25) is 0 Å². The maximum Gasteiger partial charge on any atom is 0.164 e. The summed E-state index contributed by atoms with van der Waals surface area (Å²) in [7, 11) is 0. The van der Waals surface area contributed by atoms with Crippen molar-refractivity contribution in [3.05, 3.63) is 61.3 Å². The van der Waals surface area contributed by atoms with E-state index >= 15 is 0 Å². The molecule has 4 heterocycles. The zero-order valence-electron chi connectivity index (χ0n) is 15.6. The highest BCUT2D eigenvalue weighted by Gasteiger charge is 2.42. The molecule has 1 saturated heterocycles. The Hall–Kier alpha value is -3.20. The first-order chi connectivity index (χ1) is 14.1. The summed E-state index contributed by atoms with van der Waals surface area (Å²) in [4.78, 5) is 8.87. The lowest BCUT2D eigenvalue weighted by Crippen LogP contribution is -2.30. The SMILES string of the molecule is C[C@@H]1O[C@@H](n2cc(-c3ccco3)c3c(Nc4ccccc4)ncnc32)[C@H](O)[C@@H]1O. The Balaban J connectivity index is 1.69. The van der Waals surface area contributed by atoms with Crippen molar-refractivity contribution in [2.24, 2.45) is 0 Å². The standard InChI is InChI=1S/C21H20N4O4/c1-12-17(26)18(27)21(29-12)25-10-14(15-8-5-9-28-15)16-19(22-11-23-20(16)25)24-13-6-3-2-4-7-13/h2-12,17-18,21,26-27H,1H3,(H,22,23,24)/t12-,17+,18+,21+/m0/s1. The van der Waals surface area contributed by atoms with Gasteiger partial charge in [-0.15, -0.1) is 0 Å². The highest BCUT2D eigenvalue weighted by atomic mass is 16.6. The lowest BCUT2D eigenvalue weighted by Gasteiger charge is -2.17. The number of benzene rings is 1. The van der Waals surface area contributed by atoms with Crippen molar-refractivity contribution in [3.8, 4) is 11.3 Å². The van der Waals surface area contributed by atoms with E-state index in [9.17, 15) is 10.2 Å². The largest absolute Gasteiger partial charge is 0.464 e. The molecular formula is C21H20N4O4. The Bertz CT molecular complexity index is 1130. The molecule has 1 fully saturated rings. The molecule has 0 aliphatic carbocycles. The first kappa shape index (κ1) is 17.9. The second kappa shape index (κ2) is 7.00. The van der Waals surface area contributed by atoms with E-state index < -0.39 is 24.5 Å². The highest BCUT2D eigenvalue weighted by Crippen LogP contribution is 2.39. The average Bonchev–Trinajstić information content (AvgIpc) is 3.45. The number of hydrogen-bond acceptors (Lipinski definition) is 7. The van der Waals surface area contributed by atoms with Crippen LogP contribution in [0.2, 0.25) is 0 Å². The lowest BCUT2D eigenvalue weighted by molar-refractivity contribution is -0.0296. The van der Waals surface area contributed by atoms with E-state index in [1.165, 1.54) is 6.33 Å². The van der Waals surface area contributed by atoms with Gasteiger partial charge < -0.3 is 29.3 Å². The third-order valence-electron chi connectivity index (χ3n) is 5.18. The molecule has 1 aliphatic heterocycles. The summed E-state index contributed by atoms with van der Waals surface area (Å²) >= 11 is 0. The number of aliphatic hydroxyl groups is 2. The molecule has 8 heteroatoms. The normalized spacial score (nSPS) is 24.2. The van der Waals surface area contributed by atoms with Gasteiger partial charge in [-0.05, 0) is 31.2 Å². The van der Waals surface area contributed by atoms with Crippen LogP contribution in [0, 0.1) is 0 Å². The third kappa shape index (κ3) is 2.98. The second-order valence-electron chi connectivity index (χ2n) is 7.05. The molecule has 29 heavy (non-hydrogen) atoms. The molecule has 5 rings (SSSR count). The van der Waals surface area contributed by atoms with Gasteiger partial charge in [0.2, 0.25) is 0 Å². The van der Waals surface area contributed by atoms with Crippen LogP contribution >= 0.6 is 0 Å². The number of nitrogens with zero attached hydrogens (tertiary/aromatic N) is 3. The molecule has 4 aromatic rings. The summed E-state index contributed by atoms with van der Waals surface area (Å²) in [5.41, 5.74) is 2.20. The number of ether oxygens (including phenoxy) is 1. The van der Waals surface area contributed by atoms with Crippen LogP contribution in [0.5, 0.6) is 0 Å². The predicted octanol–water partition coefficient (Wildman–Crippen LogP) is 3.07. The molecule has 3 aromatic heterocycles. The number of aromatic nitrogens is 3. The zero-order chi connectivity index (χ0) is 20.0. The molecule has 0 spiro atoms. The van der Waals surface area contributed by atoms with E-state index in [1.54, 1.807) is 23.8 Å². The van der Waals surface area contributed by atoms with Gasteiger partial charge in [0.1, 0.15) is 35.8 Å². The number of hydrogen-bond donors (Lipinski definition) is 3. The molecule has 4 atom stereocenters. The molecule has 0 unspecified atom stereocenters. The highest BCUT2D eigenvalue weighted by molar-refractivity contribution is 6.01. The number of fused-ring (bicyclic) bond motifs is 1. The fraction of sp³-hybridized carbons (Fsp3) is 0.238. The molecule has 8 nitrogen and oxygen atoms in total. The van der Waals surface area contributed by atoms with Crippen molar-refractivity contribution in [1.82, 2.24) is 14.5 Å². The minimum absolute atomic E-state index is 0.497. The fourth-order valence-electron chi connectivity index (χ4n) is 3.71. The van der Waals surface area contributed by atoms with Crippen LogP contribution in [-0.2, 0) is 4.74 Å². The van der Waals surface area contributed by atoms with E-state index in [-0.39, 0.29) is 0 Å². The second-order valence-corrected chi connectivity index (χ2v) is 7.05. The van der Waals surface area contributed by atoms with Gasteiger partial charge in [0.15, 0.2) is 6.23 Å². The minimum Gasteiger partial charge on any atom is -0.464 e. The molecule has 1 aliphatic rings. The Morgan fingerprint density at radius 1 is 1.03 bits per heavy atom. The van der Waals surface area contributed by atoms with Crippen molar-refractivity contribution >= 4 is 22.5 Å². The van der Waals surface area contributed by atoms with Gasteiger partial charge in [0.05, 0.1) is 17.8 Å². The molecule has 148 valence electrons. The Kier molecular flexibility index (Phi) is 4.31. The average molecular weight is 392 g/mol. The van der Waals surface area contributed by atoms with E-state index in [1.807, 2.05) is 42.6 Å². The number of para-hydroxylation sites is 1. The van der Waals surface area contributed by atoms with Gasteiger partial charge in [0, 0.05) is 17.4 Å². The zero-order valence-corrected chi connectivity index (χ0v) is 15.6. The Labute approximate surface area is 166 Å². The van der Waals surface area contributed by atoms with Gasteiger partial charge in [-0.2, -0.15) is 0 Å². The van der Waals surface area contributed by atoms with Gasteiger partial charge in [0.25, 0.3) is 0 Å². The monoisotopic (exact) mass is 392 g/mol. The van der Waals surface area contributed by atoms with Crippen LogP contribution in [0.1, 0.15) is 13.2 Å². The molecule has 0 bridgehead atoms. The predicted molar refractivity (Wildman–Crippen MR) is 107 cm³/mol. The quantitative estimate of drug-likeness (QED) is 0.490. The van der Waals surface area contributed by atoms with E-state index in [0.29, 0.717) is 17.2 Å². The number of rotatable bonds is 4. The van der Waals surface area contributed by atoms with Crippen LogP contribution in [0.25, 0.3) is 22.4 Å². The number of furan rings is 1. The first-order valence-electron chi connectivity index (χ1n) is 9.36. The van der Waals surface area contributed by atoms with Crippen LogP contribution in [0.15, 0.2) is 65.7 Å². The van der Waals surface area contributed by atoms with E-state index in [0.717, 1.165) is 16.6 Å². The maximum absolute atomic E-state index is 10.5. The fourth-order valence-corrected chi connectivity index (χ4v) is 3.71. The summed E-state index contributed by atoms with van der Waals surface area (Å²) in [6.45, 7) is 1.73. The summed E-state index contributed by atoms with van der Waals surface area (Å²) in [5, 5.41) is 24.7. The van der Waals surface area contributed by atoms with Crippen LogP contribution in [-0.4, -0.2) is 43.1 Å². The number of anilines is 2. The topological polar surface area (TPSA) is 106 Å². The summed E-state index contributed by atoms with van der Waals surface area (Å²) in [6, 6.07) is 13.4. The summed E-state index contributed by atoms with van der Waals surface area (Å²) < 4.78 is 13.2. The van der Waals surface area contributed by atoms with Gasteiger partial charge in [-0.1, -0.05) is 18.2 Å². The molecular weight excluding hydrogens is 372 g/mol. The van der Waals surface area contributed by atoms with Crippen molar-refractivity contribution in [1.29, 1.82) is 0 Å². The number of aliphatic hydroxyl groups excluding tert-OH is 2. The van der Waals surface area contributed by atoms with Crippen LogP contribution < -0.4 is 5.32 Å². The third-order valence-corrected chi connectivity index (χ3v) is 5.18. The maximum atomic E-state index is 10.5. The minimum atomic E-state index is -1.08. The molecule has 0 amide bonds. The van der Waals surface area contributed by atoms with Crippen molar-refractivity contribution in [2.75, 3.05) is 5.32 Å². The van der Waals surface area contributed by atoms with Crippen molar-refractivity contribution in [3.63, 3.8) is 0 Å². The lowest BCUT2D eigenvalue weighted by atomic mass is 10.1. The molecule has 0 saturated carbocycles. The van der Waals surface area contributed by atoms with Gasteiger partial charge in [-0.25, -0.2) is 9.97 Å². The Morgan fingerprint density at radius 2 is 1.86 bits per heavy atom. The molecule has 1 aromatic carbocycles. The van der Waals surface area contributed by atoms with Crippen molar-refractivity contribution in [2.45, 2.75) is 31.5 Å². The smallest absolute Gasteiger partial charge is 0.164 e. The van der Waals surface area contributed by atoms with Gasteiger partial charge >= 0.3 is 0 Å². The van der Waals surface area contributed by atoms with E-state index in [4.69, 9.17) is 9.15 Å². The molecule has 3 N–H and O–H groups in total. The number of nitrogens with one attached hydrogen (secondary N) is 1. The molecule has 0 radical (unpaired) electrons. The summed E-state index contributed by atoms with van der Waals surface area (Å²) in [5.74, 6) is 1.24. The van der Waals surface area contributed by atoms with E-state index in [2.05, 4.69) is 15.3 Å². The van der Waals surface area contributed by atoms with Crippen molar-refractivity contribution < 1.29 is 19.4 Å². The summed E-state index contributed by atoms with van der Waals surface area (Å²) in [6.07, 6.45) is 1.54.